The standard InChI is InChI=1S/C26H26N4O3S2/c1-16-14-28(15-17(2)33-16)23-20(24(31)29-12-8-7-11-22(29)27-23)13-21-25(32)30(26(34)35-21)18(3)19-9-5-4-6-10-19/h4-13,16-18H,14-15H2,1-3H3. The maximum atomic E-state index is 13.6. The molecule has 35 heavy (non-hydrogen) atoms. The van der Waals surface area contributed by atoms with Crippen LogP contribution in [0.2, 0.25) is 0 Å². The zero-order chi connectivity index (χ0) is 24.7. The van der Waals surface area contributed by atoms with Gasteiger partial charge in [0, 0.05) is 19.3 Å². The van der Waals surface area contributed by atoms with Gasteiger partial charge in [0.15, 0.2) is 0 Å². The van der Waals surface area contributed by atoms with Gasteiger partial charge in [-0.1, -0.05) is 60.4 Å². The van der Waals surface area contributed by atoms with Crippen molar-refractivity contribution < 1.29 is 9.53 Å². The number of rotatable bonds is 4. The highest BCUT2D eigenvalue weighted by Crippen LogP contribution is 2.38. The highest BCUT2D eigenvalue weighted by molar-refractivity contribution is 8.26. The van der Waals surface area contributed by atoms with Crippen molar-refractivity contribution in [3.63, 3.8) is 0 Å². The molecule has 3 atom stereocenters. The maximum Gasteiger partial charge on any atom is 0.267 e. The molecule has 2 saturated heterocycles. The number of fused-ring (bicyclic) bond motifs is 1. The van der Waals surface area contributed by atoms with Gasteiger partial charge in [-0.25, -0.2) is 4.98 Å². The Morgan fingerprint density at radius 3 is 2.49 bits per heavy atom. The van der Waals surface area contributed by atoms with Crippen molar-refractivity contribution in [2.75, 3.05) is 18.0 Å². The maximum absolute atomic E-state index is 13.6. The molecule has 0 radical (unpaired) electrons. The van der Waals surface area contributed by atoms with Crippen LogP contribution in [0.4, 0.5) is 5.82 Å². The summed E-state index contributed by atoms with van der Waals surface area (Å²) in [6.45, 7) is 7.18. The summed E-state index contributed by atoms with van der Waals surface area (Å²) in [5.41, 5.74) is 1.71. The summed E-state index contributed by atoms with van der Waals surface area (Å²) in [7, 11) is 0. The van der Waals surface area contributed by atoms with Crippen LogP contribution in [0.3, 0.4) is 0 Å². The zero-order valence-electron chi connectivity index (χ0n) is 19.7. The molecule has 4 heterocycles. The third-order valence-electron chi connectivity index (χ3n) is 6.24. The molecule has 0 bridgehead atoms. The number of hydrogen-bond acceptors (Lipinski definition) is 7. The third-order valence-corrected chi connectivity index (χ3v) is 7.57. The Bertz CT molecular complexity index is 1380. The summed E-state index contributed by atoms with van der Waals surface area (Å²) in [6.07, 6.45) is 3.34. The molecule has 2 aliphatic rings. The Kier molecular flexibility index (Phi) is 6.48. The number of carbonyl (C=O) groups is 1. The first-order valence-corrected chi connectivity index (χ1v) is 12.8. The average molecular weight is 507 g/mol. The van der Waals surface area contributed by atoms with E-state index in [0.29, 0.717) is 39.3 Å². The summed E-state index contributed by atoms with van der Waals surface area (Å²) in [5, 5.41) is 0. The minimum atomic E-state index is -0.223. The van der Waals surface area contributed by atoms with Gasteiger partial charge in [-0.3, -0.25) is 18.9 Å². The van der Waals surface area contributed by atoms with Gasteiger partial charge >= 0.3 is 0 Å². The van der Waals surface area contributed by atoms with E-state index < -0.39 is 0 Å². The lowest BCUT2D eigenvalue weighted by atomic mass is 10.1. The Labute approximate surface area is 213 Å². The molecule has 1 amide bonds. The van der Waals surface area contributed by atoms with E-state index in [9.17, 15) is 9.59 Å². The van der Waals surface area contributed by atoms with Gasteiger partial charge < -0.3 is 9.64 Å². The SMILES string of the molecule is CC1CN(c2nc3ccccn3c(=O)c2C=C2SC(=S)N(C(C)c3ccccc3)C2=O)CC(C)O1. The molecule has 0 spiro atoms. The van der Waals surface area contributed by atoms with E-state index in [-0.39, 0.29) is 29.7 Å². The molecule has 0 saturated carbocycles. The number of hydrogen-bond donors (Lipinski definition) is 0. The van der Waals surface area contributed by atoms with Crippen LogP contribution in [-0.4, -0.2) is 49.8 Å². The molecule has 7 nitrogen and oxygen atoms in total. The molecule has 0 N–H and O–H groups in total. The van der Waals surface area contributed by atoms with Gasteiger partial charge in [-0.2, -0.15) is 0 Å². The number of aromatic nitrogens is 2. The Morgan fingerprint density at radius 1 is 1.09 bits per heavy atom. The van der Waals surface area contributed by atoms with Crippen LogP contribution in [0, 0.1) is 0 Å². The molecule has 1 aromatic carbocycles. The Hall–Kier alpha value is -3.01. The molecule has 0 aliphatic carbocycles. The van der Waals surface area contributed by atoms with E-state index >= 15 is 0 Å². The van der Waals surface area contributed by atoms with E-state index in [1.54, 1.807) is 23.2 Å². The van der Waals surface area contributed by atoms with Gasteiger partial charge in [-0.05, 0) is 44.5 Å². The monoisotopic (exact) mass is 506 g/mol. The predicted octanol–water partition coefficient (Wildman–Crippen LogP) is 4.27. The number of morpholine rings is 1. The first-order chi connectivity index (χ1) is 16.8. The van der Waals surface area contributed by atoms with Crippen molar-refractivity contribution in [3.8, 4) is 0 Å². The van der Waals surface area contributed by atoms with Crippen molar-refractivity contribution in [1.82, 2.24) is 14.3 Å². The second-order valence-corrected chi connectivity index (χ2v) is 10.6. The van der Waals surface area contributed by atoms with Crippen molar-refractivity contribution in [3.05, 3.63) is 81.1 Å². The molecular formula is C26H26N4O3S2. The number of carbonyl (C=O) groups excluding carboxylic acids is 1. The molecule has 2 aliphatic heterocycles. The number of amides is 1. The number of benzene rings is 1. The summed E-state index contributed by atoms with van der Waals surface area (Å²) in [6, 6.07) is 15.0. The van der Waals surface area contributed by atoms with Gasteiger partial charge in [0.25, 0.3) is 11.5 Å². The van der Waals surface area contributed by atoms with Crippen LogP contribution in [0.25, 0.3) is 11.7 Å². The summed E-state index contributed by atoms with van der Waals surface area (Å²) in [4.78, 5) is 36.1. The Balaban J connectivity index is 1.59. The second kappa shape index (κ2) is 9.56. The van der Waals surface area contributed by atoms with Crippen molar-refractivity contribution >= 4 is 51.7 Å². The van der Waals surface area contributed by atoms with Crippen molar-refractivity contribution in [2.24, 2.45) is 0 Å². The lowest BCUT2D eigenvalue weighted by Crippen LogP contribution is -2.46. The number of anilines is 1. The van der Waals surface area contributed by atoms with E-state index in [1.807, 2.05) is 63.2 Å². The summed E-state index contributed by atoms with van der Waals surface area (Å²) >= 11 is 6.81. The van der Waals surface area contributed by atoms with E-state index in [2.05, 4.69) is 4.90 Å². The quantitative estimate of drug-likeness (QED) is 0.387. The smallest absolute Gasteiger partial charge is 0.267 e. The van der Waals surface area contributed by atoms with Crippen LogP contribution in [0.1, 0.15) is 37.9 Å². The lowest BCUT2D eigenvalue weighted by Gasteiger charge is -2.36. The van der Waals surface area contributed by atoms with Gasteiger partial charge in [0.2, 0.25) is 0 Å². The molecule has 3 aromatic rings. The number of nitrogens with zero attached hydrogens (tertiary/aromatic N) is 4. The first kappa shape index (κ1) is 23.7. The van der Waals surface area contributed by atoms with E-state index in [0.717, 1.165) is 5.56 Å². The van der Waals surface area contributed by atoms with E-state index in [4.69, 9.17) is 21.9 Å². The molecular weight excluding hydrogens is 480 g/mol. The fourth-order valence-electron chi connectivity index (χ4n) is 4.63. The van der Waals surface area contributed by atoms with Gasteiger partial charge in [-0.15, -0.1) is 0 Å². The minimum Gasteiger partial charge on any atom is -0.372 e. The van der Waals surface area contributed by atoms with Crippen LogP contribution < -0.4 is 10.5 Å². The number of thioether (sulfide) groups is 1. The molecule has 2 aromatic heterocycles. The normalized spacial score (nSPS) is 22.9. The van der Waals surface area contributed by atoms with Crippen LogP contribution in [-0.2, 0) is 9.53 Å². The molecule has 2 fully saturated rings. The first-order valence-electron chi connectivity index (χ1n) is 11.6. The lowest BCUT2D eigenvalue weighted by molar-refractivity contribution is -0.123. The van der Waals surface area contributed by atoms with Crippen molar-refractivity contribution in [1.29, 1.82) is 0 Å². The predicted molar refractivity (Wildman–Crippen MR) is 144 cm³/mol. The summed E-state index contributed by atoms with van der Waals surface area (Å²) < 4.78 is 7.88. The zero-order valence-corrected chi connectivity index (χ0v) is 21.4. The molecule has 9 heteroatoms. The van der Waals surface area contributed by atoms with Gasteiger partial charge in [0.05, 0.1) is 28.7 Å². The fraction of sp³-hybridized carbons (Fsp3) is 0.308. The third kappa shape index (κ3) is 4.51. The molecule has 180 valence electrons. The molecule has 5 rings (SSSR count). The largest absolute Gasteiger partial charge is 0.372 e. The minimum absolute atomic E-state index is 0.00689. The average Bonchev–Trinajstić information content (AvgIpc) is 3.12. The highest BCUT2D eigenvalue weighted by atomic mass is 32.2. The Morgan fingerprint density at radius 2 is 1.77 bits per heavy atom. The second-order valence-electron chi connectivity index (χ2n) is 8.88. The van der Waals surface area contributed by atoms with E-state index in [1.165, 1.54) is 16.2 Å². The van der Waals surface area contributed by atoms with Gasteiger partial charge in [0.1, 0.15) is 15.8 Å². The summed E-state index contributed by atoms with van der Waals surface area (Å²) in [5.74, 6) is 0.355. The molecule has 3 unspecified atom stereocenters. The van der Waals surface area contributed by atoms with Crippen LogP contribution in [0.5, 0.6) is 0 Å². The fourth-order valence-corrected chi connectivity index (χ4v) is 6.03. The highest BCUT2D eigenvalue weighted by Gasteiger charge is 2.37. The van der Waals surface area contributed by atoms with Crippen LogP contribution >= 0.6 is 24.0 Å². The van der Waals surface area contributed by atoms with Crippen molar-refractivity contribution in [2.45, 2.75) is 39.0 Å². The number of pyridine rings is 1. The topological polar surface area (TPSA) is 67.2 Å². The van der Waals surface area contributed by atoms with Crippen LogP contribution in [0.15, 0.2) is 64.4 Å². The number of ether oxygens (including phenoxy) is 1. The number of thiocarbonyl (C=S) groups is 1.